The molecule has 2 aliphatic heterocycles. The van der Waals surface area contributed by atoms with Crippen LogP contribution >= 0.6 is 0 Å². The van der Waals surface area contributed by atoms with E-state index in [0.29, 0.717) is 13.0 Å². The van der Waals surface area contributed by atoms with Gasteiger partial charge in [0.1, 0.15) is 0 Å². The second-order valence-corrected chi connectivity index (χ2v) is 4.24. The predicted molar refractivity (Wildman–Crippen MR) is 61.9 cm³/mol. The lowest BCUT2D eigenvalue weighted by molar-refractivity contribution is -0.119. The number of hydrogen-bond donors (Lipinski definition) is 2. The molecule has 1 amide bonds. The third-order valence-electron chi connectivity index (χ3n) is 3.26. The molecule has 82 valence electrons. The largest absolute Gasteiger partial charge is 0.368 e. The molecule has 2 heterocycles. The Kier molecular flexibility index (Phi) is 2.04. The molecule has 0 aromatic heterocycles. The molecule has 3 aliphatic rings. The summed E-state index contributed by atoms with van der Waals surface area (Å²) in [6.07, 6.45) is 7.76. The SMILES string of the molecule is NC(=O)C1CC2=C3CC=CC=C3N=C2CN1. The highest BCUT2D eigenvalue weighted by molar-refractivity contribution is 6.08. The molecule has 0 aromatic carbocycles. The van der Waals surface area contributed by atoms with Crippen molar-refractivity contribution in [2.24, 2.45) is 10.7 Å². The van der Waals surface area contributed by atoms with Crippen LogP contribution in [0.3, 0.4) is 0 Å². The van der Waals surface area contributed by atoms with Crippen LogP contribution in [0.4, 0.5) is 0 Å². The Morgan fingerprint density at radius 3 is 3.19 bits per heavy atom. The van der Waals surface area contributed by atoms with E-state index in [1.165, 1.54) is 11.1 Å². The van der Waals surface area contributed by atoms with Gasteiger partial charge >= 0.3 is 0 Å². The molecule has 1 saturated heterocycles. The van der Waals surface area contributed by atoms with Gasteiger partial charge in [-0.05, 0) is 30.1 Å². The molecule has 3 rings (SSSR count). The lowest BCUT2D eigenvalue weighted by Crippen LogP contribution is -2.47. The molecule has 0 bridgehead atoms. The zero-order valence-electron chi connectivity index (χ0n) is 8.86. The van der Waals surface area contributed by atoms with Crippen molar-refractivity contribution in [2.75, 3.05) is 6.54 Å². The second-order valence-electron chi connectivity index (χ2n) is 4.24. The Hall–Kier alpha value is -1.68. The minimum absolute atomic E-state index is 0.244. The minimum Gasteiger partial charge on any atom is -0.368 e. The first-order valence-electron chi connectivity index (χ1n) is 5.45. The molecular weight excluding hydrogens is 202 g/mol. The van der Waals surface area contributed by atoms with Crippen LogP contribution in [0.25, 0.3) is 0 Å². The van der Waals surface area contributed by atoms with Gasteiger partial charge in [-0.15, -0.1) is 0 Å². The maximum absolute atomic E-state index is 11.2. The summed E-state index contributed by atoms with van der Waals surface area (Å²) < 4.78 is 0. The van der Waals surface area contributed by atoms with E-state index in [1.54, 1.807) is 0 Å². The summed E-state index contributed by atoms with van der Waals surface area (Å²) in [6, 6.07) is -0.244. The molecule has 1 fully saturated rings. The van der Waals surface area contributed by atoms with E-state index in [9.17, 15) is 4.79 Å². The smallest absolute Gasteiger partial charge is 0.234 e. The van der Waals surface area contributed by atoms with Gasteiger partial charge in [0.05, 0.1) is 17.5 Å². The summed E-state index contributed by atoms with van der Waals surface area (Å²) in [5, 5.41) is 3.11. The van der Waals surface area contributed by atoms with Crippen LogP contribution in [0.5, 0.6) is 0 Å². The van der Waals surface area contributed by atoms with E-state index in [4.69, 9.17) is 5.73 Å². The molecule has 0 saturated carbocycles. The monoisotopic (exact) mass is 215 g/mol. The first kappa shape index (κ1) is 9.54. The number of primary amides is 1. The number of carbonyl (C=O) groups excluding carboxylic acids is 1. The molecule has 0 spiro atoms. The van der Waals surface area contributed by atoms with Gasteiger partial charge in [0, 0.05) is 6.54 Å². The van der Waals surface area contributed by atoms with Gasteiger partial charge in [-0.25, -0.2) is 0 Å². The third kappa shape index (κ3) is 1.34. The summed E-state index contributed by atoms with van der Waals surface area (Å²) in [4.78, 5) is 15.7. The fourth-order valence-electron chi connectivity index (χ4n) is 2.40. The topological polar surface area (TPSA) is 67.5 Å². The average Bonchev–Trinajstić information content (AvgIpc) is 2.66. The molecule has 4 nitrogen and oxygen atoms in total. The first-order chi connectivity index (χ1) is 7.75. The number of aliphatic imine (C=N–C) groups is 1. The van der Waals surface area contributed by atoms with E-state index in [0.717, 1.165) is 17.8 Å². The van der Waals surface area contributed by atoms with Crippen molar-refractivity contribution >= 4 is 11.6 Å². The maximum Gasteiger partial charge on any atom is 0.234 e. The maximum atomic E-state index is 11.2. The van der Waals surface area contributed by atoms with Crippen molar-refractivity contribution in [3.63, 3.8) is 0 Å². The van der Waals surface area contributed by atoms with Crippen molar-refractivity contribution in [2.45, 2.75) is 18.9 Å². The summed E-state index contributed by atoms with van der Waals surface area (Å²) in [5.74, 6) is -0.282. The van der Waals surface area contributed by atoms with Gasteiger partial charge in [-0.2, -0.15) is 0 Å². The molecule has 0 aromatic rings. The zero-order valence-corrected chi connectivity index (χ0v) is 8.86. The Morgan fingerprint density at radius 2 is 2.38 bits per heavy atom. The predicted octanol–water partition coefficient (Wildman–Crippen LogP) is 0.429. The first-order valence-corrected chi connectivity index (χ1v) is 5.45. The van der Waals surface area contributed by atoms with E-state index < -0.39 is 0 Å². The van der Waals surface area contributed by atoms with E-state index in [1.807, 2.05) is 12.2 Å². The van der Waals surface area contributed by atoms with Gasteiger partial charge in [-0.3, -0.25) is 15.1 Å². The Balaban J connectivity index is 1.97. The molecule has 0 radical (unpaired) electrons. The molecule has 16 heavy (non-hydrogen) atoms. The van der Waals surface area contributed by atoms with Crippen LogP contribution in [-0.2, 0) is 4.79 Å². The van der Waals surface area contributed by atoms with Crippen molar-refractivity contribution < 1.29 is 4.79 Å². The zero-order chi connectivity index (χ0) is 11.1. The lowest BCUT2D eigenvalue weighted by atomic mass is 9.91. The van der Waals surface area contributed by atoms with Gasteiger partial charge in [-0.1, -0.05) is 12.2 Å². The summed E-state index contributed by atoms with van der Waals surface area (Å²) in [7, 11) is 0. The molecule has 1 atom stereocenters. The number of carbonyl (C=O) groups is 1. The minimum atomic E-state index is -0.282. The van der Waals surface area contributed by atoms with Crippen LogP contribution in [-0.4, -0.2) is 24.2 Å². The highest BCUT2D eigenvalue weighted by Crippen LogP contribution is 2.34. The molecule has 1 aliphatic carbocycles. The molecular formula is C12H13N3O. The fraction of sp³-hybridized carbons (Fsp3) is 0.333. The molecule has 4 heteroatoms. The van der Waals surface area contributed by atoms with E-state index >= 15 is 0 Å². The standard InChI is InChI=1S/C12H13N3O/c13-12(16)10-5-8-7-3-1-2-4-9(7)15-11(8)6-14-10/h1-2,4,10,14H,3,5-6H2,(H2,13,16). The van der Waals surface area contributed by atoms with Gasteiger partial charge in [0.25, 0.3) is 0 Å². The number of nitrogens with two attached hydrogens (primary N) is 1. The second kappa shape index (κ2) is 3.42. The van der Waals surface area contributed by atoms with Crippen LogP contribution in [0.2, 0.25) is 0 Å². The summed E-state index contributed by atoms with van der Waals surface area (Å²) in [6.45, 7) is 0.643. The van der Waals surface area contributed by atoms with E-state index in [-0.39, 0.29) is 11.9 Å². The normalized spacial score (nSPS) is 27.1. The number of allylic oxidation sites excluding steroid dienone is 4. The highest BCUT2D eigenvalue weighted by Gasteiger charge is 2.31. The summed E-state index contributed by atoms with van der Waals surface area (Å²) in [5.41, 5.74) is 9.94. The number of amides is 1. The lowest BCUT2D eigenvalue weighted by Gasteiger charge is -2.23. The number of nitrogens with one attached hydrogen (secondary N) is 1. The van der Waals surface area contributed by atoms with E-state index in [2.05, 4.69) is 16.4 Å². The number of rotatable bonds is 1. The van der Waals surface area contributed by atoms with Crippen molar-refractivity contribution in [1.82, 2.24) is 5.32 Å². The van der Waals surface area contributed by atoms with Crippen molar-refractivity contribution in [1.29, 1.82) is 0 Å². The molecule has 1 unspecified atom stereocenters. The highest BCUT2D eigenvalue weighted by atomic mass is 16.1. The quantitative estimate of drug-likeness (QED) is 0.666. The Labute approximate surface area is 93.6 Å². The number of nitrogens with zero attached hydrogens (tertiary/aromatic N) is 1. The number of piperidine rings is 1. The fourth-order valence-corrected chi connectivity index (χ4v) is 2.40. The van der Waals surface area contributed by atoms with Crippen LogP contribution in [0.15, 0.2) is 40.1 Å². The van der Waals surface area contributed by atoms with Crippen LogP contribution in [0.1, 0.15) is 12.8 Å². The average molecular weight is 215 g/mol. The Morgan fingerprint density at radius 1 is 1.50 bits per heavy atom. The summed E-state index contributed by atoms with van der Waals surface area (Å²) >= 11 is 0. The van der Waals surface area contributed by atoms with Crippen LogP contribution in [0, 0.1) is 0 Å². The number of fused-ring (bicyclic) bond motifs is 2. The van der Waals surface area contributed by atoms with Gasteiger partial charge in [0.15, 0.2) is 0 Å². The Bertz CT molecular complexity index is 482. The van der Waals surface area contributed by atoms with Gasteiger partial charge < -0.3 is 5.73 Å². The van der Waals surface area contributed by atoms with Crippen molar-refractivity contribution in [3.05, 3.63) is 35.1 Å². The molecule has 3 N–H and O–H groups in total. The number of hydrogen-bond acceptors (Lipinski definition) is 3. The van der Waals surface area contributed by atoms with Crippen LogP contribution < -0.4 is 11.1 Å². The third-order valence-corrected chi connectivity index (χ3v) is 3.26. The van der Waals surface area contributed by atoms with Gasteiger partial charge in [0.2, 0.25) is 5.91 Å². The van der Waals surface area contributed by atoms with Crippen molar-refractivity contribution in [3.8, 4) is 0 Å².